The second kappa shape index (κ2) is 5.38. The zero-order valence-corrected chi connectivity index (χ0v) is 10.5. The third-order valence-corrected chi connectivity index (χ3v) is 3.15. The van der Waals surface area contributed by atoms with Gasteiger partial charge in [0.2, 0.25) is 5.89 Å². The fraction of sp³-hybridized carbons (Fsp3) is 0.385. The number of nitrogens with zero attached hydrogens (tertiary/aromatic N) is 3. The molecule has 3 rings (SSSR count). The van der Waals surface area contributed by atoms with Gasteiger partial charge < -0.3 is 19.9 Å². The van der Waals surface area contributed by atoms with Crippen molar-refractivity contribution in [2.75, 3.05) is 31.2 Å². The Morgan fingerprint density at radius 3 is 2.63 bits per heavy atom. The first-order valence-corrected chi connectivity index (χ1v) is 6.31. The zero-order valence-electron chi connectivity index (χ0n) is 10.5. The molecule has 1 aromatic heterocycles. The van der Waals surface area contributed by atoms with Crippen LogP contribution in [0.25, 0.3) is 0 Å². The van der Waals surface area contributed by atoms with Crippen LogP contribution in [0.3, 0.4) is 0 Å². The minimum absolute atomic E-state index is 0.386. The van der Waals surface area contributed by atoms with Crippen LogP contribution in [-0.2, 0) is 4.74 Å². The molecule has 6 nitrogen and oxygen atoms in total. The van der Waals surface area contributed by atoms with Crippen LogP contribution in [0.2, 0.25) is 0 Å². The second-order valence-electron chi connectivity index (χ2n) is 4.42. The lowest BCUT2D eigenvalue weighted by Crippen LogP contribution is -2.36. The van der Waals surface area contributed by atoms with Crippen LogP contribution in [0.1, 0.15) is 17.5 Å². The van der Waals surface area contributed by atoms with Gasteiger partial charge in [0.15, 0.2) is 0 Å². The fourth-order valence-corrected chi connectivity index (χ4v) is 2.05. The molecule has 1 aliphatic rings. The van der Waals surface area contributed by atoms with Gasteiger partial charge in [-0.25, -0.2) is 0 Å². The highest BCUT2D eigenvalue weighted by Crippen LogP contribution is 2.20. The van der Waals surface area contributed by atoms with E-state index in [-0.39, 0.29) is 6.04 Å². The lowest BCUT2D eigenvalue weighted by atomic mass is 10.1. The molecule has 1 aliphatic heterocycles. The lowest BCUT2D eigenvalue weighted by Gasteiger charge is -2.24. The molecule has 2 heterocycles. The second-order valence-corrected chi connectivity index (χ2v) is 4.42. The van der Waals surface area contributed by atoms with E-state index < -0.39 is 0 Å². The minimum Gasteiger partial charge on any atom is -0.378 e. The SMILES string of the molecule is N[C@@H](c1ccccc1)c1nc(N2CCOCC2)no1. The smallest absolute Gasteiger partial charge is 0.266 e. The van der Waals surface area contributed by atoms with E-state index in [9.17, 15) is 0 Å². The molecule has 1 saturated heterocycles. The Balaban J connectivity index is 1.77. The quantitative estimate of drug-likeness (QED) is 0.885. The van der Waals surface area contributed by atoms with Crippen molar-refractivity contribution >= 4 is 5.95 Å². The Hall–Kier alpha value is -1.92. The van der Waals surface area contributed by atoms with E-state index in [1.54, 1.807) is 0 Å². The summed E-state index contributed by atoms with van der Waals surface area (Å²) in [5.41, 5.74) is 7.08. The van der Waals surface area contributed by atoms with Crippen LogP contribution in [-0.4, -0.2) is 36.4 Å². The summed E-state index contributed by atoms with van der Waals surface area (Å²) in [5.74, 6) is 1.03. The Labute approximate surface area is 111 Å². The Morgan fingerprint density at radius 1 is 1.16 bits per heavy atom. The predicted octanol–water partition coefficient (Wildman–Crippen LogP) is 0.954. The molecule has 0 saturated carbocycles. The topological polar surface area (TPSA) is 77.4 Å². The molecule has 0 aliphatic carbocycles. The fourth-order valence-electron chi connectivity index (χ4n) is 2.05. The van der Waals surface area contributed by atoms with Crippen molar-refractivity contribution in [2.24, 2.45) is 5.73 Å². The third-order valence-electron chi connectivity index (χ3n) is 3.15. The third kappa shape index (κ3) is 2.59. The summed E-state index contributed by atoms with van der Waals surface area (Å²) >= 11 is 0. The maximum Gasteiger partial charge on any atom is 0.266 e. The summed E-state index contributed by atoms with van der Waals surface area (Å²) in [4.78, 5) is 6.41. The molecule has 0 amide bonds. The number of benzene rings is 1. The molecule has 0 spiro atoms. The number of morpholine rings is 1. The normalized spacial score (nSPS) is 17.4. The molecule has 2 N–H and O–H groups in total. The summed E-state index contributed by atoms with van der Waals surface area (Å²) < 4.78 is 10.6. The molecule has 0 unspecified atom stereocenters. The van der Waals surface area contributed by atoms with Gasteiger partial charge in [0.1, 0.15) is 6.04 Å². The van der Waals surface area contributed by atoms with Crippen molar-refractivity contribution < 1.29 is 9.26 Å². The number of aromatic nitrogens is 2. The Bertz CT molecular complexity index is 522. The number of hydrogen-bond donors (Lipinski definition) is 1. The molecule has 1 fully saturated rings. The van der Waals surface area contributed by atoms with Gasteiger partial charge in [-0.05, 0) is 10.7 Å². The lowest BCUT2D eigenvalue weighted by molar-refractivity contribution is 0.121. The van der Waals surface area contributed by atoms with Gasteiger partial charge in [0.05, 0.1) is 13.2 Å². The van der Waals surface area contributed by atoms with Crippen LogP contribution in [0.5, 0.6) is 0 Å². The Kier molecular flexibility index (Phi) is 3.43. The van der Waals surface area contributed by atoms with Crippen molar-refractivity contribution in [3.05, 3.63) is 41.8 Å². The van der Waals surface area contributed by atoms with Crippen LogP contribution >= 0.6 is 0 Å². The van der Waals surface area contributed by atoms with Crippen LogP contribution in [0, 0.1) is 0 Å². The van der Waals surface area contributed by atoms with E-state index >= 15 is 0 Å². The first-order valence-electron chi connectivity index (χ1n) is 6.31. The van der Waals surface area contributed by atoms with Gasteiger partial charge in [0, 0.05) is 13.1 Å². The molecule has 1 atom stereocenters. The van der Waals surface area contributed by atoms with Gasteiger partial charge >= 0.3 is 0 Å². The molecule has 19 heavy (non-hydrogen) atoms. The molecule has 2 aromatic rings. The van der Waals surface area contributed by atoms with E-state index in [0.717, 1.165) is 18.7 Å². The van der Waals surface area contributed by atoms with Gasteiger partial charge in [-0.2, -0.15) is 4.98 Å². The molecular formula is C13H16N4O2. The number of anilines is 1. The highest BCUT2D eigenvalue weighted by Gasteiger charge is 2.20. The molecule has 6 heteroatoms. The zero-order chi connectivity index (χ0) is 13.1. The summed E-state index contributed by atoms with van der Waals surface area (Å²) in [6.07, 6.45) is 0. The van der Waals surface area contributed by atoms with Crippen LogP contribution < -0.4 is 10.6 Å². The van der Waals surface area contributed by atoms with E-state index in [1.165, 1.54) is 0 Å². The van der Waals surface area contributed by atoms with Gasteiger partial charge in [-0.15, -0.1) is 0 Å². The van der Waals surface area contributed by atoms with Gasteiger partial charge in [-0.3, -0.25) is 0 Å². The largest absolute Gasteiger partial charge is 0.378 e. The molecule has 0 bridgehead atoms. The van der Waals surface area contributed by atoms with Gasteiger partial charge in [-0.1, -0.05) is 30.3 Å². The molecule has 100 valence electrons. The maximum atomic E-state index is 6.12. The van der Waals surface area contributed by atoms with Gasteiger partial charge in [0.25, 0.3) is 5.95 Å². The predicted molar refractivity (Wildman–Crippen MR) is 69.8 cm³/mol. The summed E-state index contributed by atoms with van der Waals surface area (Å²) in [6, 6.07) is 9.34. The molecule has 1 aromatic carbocycles. The highest BCUT2D eigenvalue weighted by atomic mass is 16.5. The minimum atomic E-state index is -0.386. The van der Waals surface area contributed by atoms with E-state index in [1.807, 2.05) is 35.2 Å². The van der Waals surface area contributed by atoms with Crippen molar-refractivity contribution in [3.8, 4) is 0 Å². The van der Waals surface area contributed by atoms with E-state index in [2.05, 4.69) is 10.1 Å². The highest BCUT2D eigenvalue weighted by molar-refractivity contribution is 5.30. The molecule has 0 radical (unpaired) electrons. The number of nitrogens with two attached hydrogens (primary N) is 1. The van der Waals surface area contributed by atoms with Crippen LogP contribution in [0.15, 0.2) is 34.9 Å². The summed E-state index contributed by atoms with van der Waals surface area (Å²) in [5, 5.41) is 3.99. The number of hydrogen-bond acceptors (Lipinski definition) is 6. The number of ether oxygens (including phenoxy) is 1. The number of rotatable bonds is 3. The maximum absolute atomic E-state index is 6.12. The van der Waals surface area contributed by atoms with Crippen molar-refractivity contribution in [1.29, 1.82) is 0 Å². The first-order chi connectivity index (χ1) is 9.34. The van der Waals surface area contributed by atoms with E-state index in [4.69, 9.17) is 15.0 Å². The first kappa shape index (κ1) is 12.1. The standard InChI is InChI=1S/C13H16N4O2/c14-11(10-4-2-1-3-5-10)12-15-13(16-19-12)17-6-8-18-9-7-17/h1-5,11H,6-9,14H2/t11-/m0/s1. The van der Waals surface area contributed by atoms with Crippen molar-refractivity contribution in [2.45, 2.75) is 6.04 Å². The average Bonchev–Trinajstić information content (AvgIpc) is 2.98. The Morgan fingerprint density at radius 2 is 1.89 bits per heavy atom. The summed E-state index contributed by atoms with van der Waals surface area (Å²) in [6.45, 7) is 2.93. The monoisotopic (exact) mass is 260 g/mol. The van der Waals surface area contributed by atoms with Crippen molar-refractivity contribution in [3.63, 3.8) is 0 Å². The molecular weight excluding hydrogens is 244 g/mol. The average molecular weight is 260 g/mol. The summed E-state index contributed by atoms with van der Waals surface area (Å²) in [7, 11) is 0. The van der Waals surface area contributed by atoms with Crippen molar-refractivity contribution in [1.82, 2.24) is 10.1 Å². The van der Waals surface area contributed by atoms with Crippen LogP contribution in [0.4, 0.5) is 5.95 Å². The van der Waals surface area contributed by atoms with E-state index in [0.29, 0.717) is 25.1 Å².